The number of rotatable bonds is 7. The summed E-state index contributed by atoms with van der Waals surface area (Å²) >= 11 is 0. The Morgan fingerprint density at radius 3 is 1.48 bits per heavy atom. The Kier molecular flexibility index (Phi) is 9.90. The predicted molar refractivity (Wildman–Crippen MR) is 265 cm³/mol. The minimum Gasteiger partial charge on any atom is -0.455 e. The van der Waals surface area contributed by atoms with Crippen molar-refractivity contribution in [2.75, 3.05) is 0 Å². The Morgan fingerprint density at radius 1 is 0.344 bits per heavy atom. The summed E-state index contributed by atoms with van der Waals surface area (Å²) in [6.45, 7) is 4.00. The molecule has 0 unspecified atom stereocenters. The fraction of sp³-hybridized carbons (Fsp3) is 0.0339. The highest BCUT2D eigenvalue weighted by Crippen LogP contribution is 2.42. The van der Waals surface area contributed by atoms with Crippen LogP contribution in [0.1, 0.15) is 13.8 Å². The number of hydrogen-bond donors (Lipinski definition) is 0. The van der Waals surface area contributed by atoms with Gasteiger partial charge in [0.1, 0.15) is 11.2 Å². The maximum Gasteiger partial charge on any atom is 0.238 e. The monoisotopic (exact) mass is 822 g/mol. The van der Waals surface area contributed by atoms with Crippen molar-refractivity contribution in [3.05, 3.63) is 218 Å². The molecule has 0 fully saturated rings. The second-order valence-corrected chi connectivity index (χ2v) is 15.6. The minimum absolute atomic E-state index is 0.557. The molecule has 0 aliphatic carbocycles. The largest absolute Gasteiger partial charge is 0.455 e. The van der Waals surface area contributed by atoms with Crippen LogP contribution in [0.25, 0.3) is 117 Å². The second kappa shape index (κ2) is 16.5. The number of fused-ring (bicyclic) bond motifs is 6. The lowest BCUT2D eigenvalue weighted by Gasteiger charge is -2.14. The highest BCUT2D eigenvalue weighted by Gasteiger charge is 2.22. The van der Waals surface area contributed by atoms with Crippen LogP contribution in [-0.4, -0.2) is 19.5 Å². The molecule has 3 aromatic heterocycles. The van der Waals surface area contributed by atoms with Crippen LogP contribution in [0, 0.1) is 0 Å². The molecule has 3 heterocycles. The summed E-state index contributed by atoms with van der Waals surface area (Å²) in [7, 11) is 0. The van der Waals surface area contributed by atoms with E-state index in [9.17, 15) is 0 Å². The van der Waals surface area contributed by atoms with Crippen LogP contribution < -0.4 is 0 Å². The summed E-state index contributed by atoms with van der Waals surface area (Å²) in [5.41, 5.74) is 14.6. The average Bonchev–Trinajstić information content (AvgIpc) is 3.94. The summed E-state index contributed by atoms with van der Waals surface area (Å²) in [5.74, 6) is 1.78. The quantitative estimate of drug-likeness (QED) is 0.161. The topological polar surface area (TPSA) is 56.7 Å². The summed E-state index contributed by atoms with van der Waals surface area (Å²) in [6, 6.07) is 76.4. The molecule has 0 spiro atoms. The fourth-order valence-electron chi connectivity index (χ4n) is 8.92. The summed E-state index contributed by atoms with van der Waals surface area (Å²) < 4.78 is 8.69. The first-order chi connectivity index (χ1) is 31.7. The van der Waals surface area contributed by atoms with Crippen molar-refractivity contribution >= 4 is 43.7 Å². The van der Waals surface area contributed by atoms with Gasteiger partial charge in [-0.15, -0.1) is 0 Å². The average molecular weight is 823 g/mol. The summed E-state index contributed by atoms with van der Waals surface area (Å²) in [6.07, 6.45) is 0. The van der Waals surface area contributed by atoms with E-state index in [1.807, 2.05) is 62.4 Å². The molecule has 0 aliphatic heterocycles. The Labute approximate surface area is 371 Å². The van der Waals surface area contributed by atoms with Crippen molar-refractivity contribution < 1.29 is 4.42 Å². The number of para-hydroxylation sites is 3. The molecule has 5 nitrogen and oxygen atoms in total. The highest BCUT2D eigenvalue weighted by molar-refractivity contribution is 6.15. The van der Waals surface area contributed by atoms with Crippen molar-refractivity contribution in [1.29, 1.82) is 0 Å². The molecule has 12 aromatic rings. The zero-order valence-corrected chi connectivity index (χ0v) is 35.5. The van der Waals surface area contributed by atoms with Gasteiger partial charge in [0.25, 0.3) is 0 Å². The van der Waals surface area contributed by atoms with E-state index in [4.69, 9.17) is 19.4 Å². The van der Waals surface area contributed by atoms with Crippen molar-refractivity contribution in [2.24, 2.45) is 0 Å². The Balaban J connectivity index is 0.00000225. The molecule has 9 aromatic carbocycles. The van der Waals surface area contributed by atoms with E-state index < -0.39 is 0 Å². The molecule has 0 saturated heterocycles. The molecule has 0 radical (unpaired) electrons. The Hall–Kier alpha value is -8.41. The van der Waals surface area contributed by atoms with Gasteiger partial charge in [-0.3, -0.25) is 4.57 Å². The van der Waals surface area contributed by atoms with E-state index in [0.717, 1.165) is 99.4 Å². The maximum atomic E-state index is 6.45. The molecular formula is C59H42N4O. The standard InChI is InChI=1S/C57H36N4O.C2H6/c1-4-16-37(17-5-1)42-32-33-51-50(36-42)48-29-14-27-45(53(48)61(51)57-59-55(38-18-6-2-7-19-38)58-56(60-57)39-20-8-3-9-21-39)43-24-12-22-40(34-43)41-23-13-25-44(35-41)46-28-15-30-49-47-26-10-11-31-52(47)62-54(46)49;1-2/h1-36H;1-2H3. The number of furan rings is 1. The van der Waals surface area contributed by atoms with Crippen molar-refractivity contribution in [3.8, 4) is 73.2 Å². The van der Waals surface area contributed by atoms with Crippen LogP contribution in [0.3, 0.4) is 0 Å². The first kappa shape index (κ1) is 38.5. The highest BCUT2D eigenvalue weighted by atomic mass is 16.3. The number of benzene rings is 9. The van der Waals surface area contributed by atoms with Crippen LogP contribution >= 0.6 is 0 Å². The van der Waals surface area contributed by atoms with Gasteiger partial charge >= 0.3 is 0 Å². The second-order valence-electron chi connectivity index (χ2n) is 15.6. The molecule has 0 N–H and O–H groups in total. The number of nitrogens with zero attached hydrogens (tertiary/aromatic N) is 4. The van der Waals surface area contributed by atoms with Gasteiger partial charge in [-0.2, -0.15) is 9.97 Å². The lowest BCUT2D eigenvalue weighted by molar-refractivity contribution is 0.670. The molecule has 0 atom stereocenters. The Bertz CT molecular complexity index is 3570. The first-order valence-electron chi connectivity index (χ1n) is 21.8. The molecule has 5 heteroatoms. The van der Waals surface area contributed by atoms with Gasteiger partial charge in [0.05, 0.1) is 11.0 Å². The first-order valence-corrected chi connectivity index (χ1v) is 21.8. The maximum absolute atomic E-state index is 6.45. The van der Waals surface area contributed by atoms with Crippen molar-refractivity contribution in [2.45, 2.75) is 13.8 Å². The van der Waals surface area contributed by atoms with E-state index in [2.05, 4.69) is 174 Å². The zero-order valence-electron chi connectivity index (χ0n) is 35.5. The van der Waals surface area contributed by atoms with Gasteiger partial charge in [-0.25, -0.2) is 4.98 Å². The third-order valence-corrected chi connectivity index (χ3v) is 11.9. The van der Waals surface area contributed by atoms with Crippen LogP contribution in [0.5, 0.6) is 0 Å². The molecule has 0 amide bonds. The van der Waals surface area contributed by atoms with Gasteiger partial charge in [0, 0.05) is 43.8 Å². The molecule has 0 saturated carbocycles. The lowest BCUT2D eigenvalue weighted by Crippen LogP contribution is -2.07. The summed E-state index contributed by atoms with van der Waals surface area (Å²) in [4.78, 5) is 15.6. The van der Waals surface area contributed by atoms with Gasteiger partial charge in [0.15, 0.2) is 11.6 Å². The van der Waals surface area contributed by atoms with Crippen LogP contribution in [-0.2, 0) is 0 Å². The van der Waals surface area contributed by atoms with E-state index in [0.29, 0.717) is 17.6 Å². The van der Waals surface area contributed by atoms with E-state index >= 15 is 0 Å². The Morgan fingerprint density at radius 2 is 0.828 bits per heavy atom. The third-order valence-electron chi connectivity index (χ3n) is 11.9. The molecule has 0 bridgehead atoms. The van der Waals surface area contributed by atoms with Gasteiger partial charge in [-0.05, 0) is 63.7 Å². The molecule has 0 aliphatic rings. The number of hydrogen-bond acceptors (Lipinski definition) is 4. The molecule has 304 valence electrons. The van der Waals surface area contributed by atoms with Crippen molar-refractivity contribution in [3.63, 3.8) is 0 Å². The van der Waals surface area contributed by atoms with E-state index in [1.165, 1.54) is 0 Å². The predicted octanol–water partition coefficient (Wildman–Crippen LogP) is 15.9. The van der Waals surface area contributed by atoms with Gasteiger partial charge in [-0.1, -0.05) is 202 Å². The number of aromatic nitrogens is 4. The van der Waals surface area contributed by atoms with Crippen molar-refractivity contribution in [1.82, 2.24) is 19.5 Å². The van der Waals surface area contributed by atoms with Gasteiger partial charge < -0.3 is 4.42 Å². The SMILES string of the molecule is CC.c1ccc(-c2ccc3c(c2)c2cccc(-c4cccc(-c5cccc(-c6cccc7c6oc6ccccc67)c5)c4)c2n3-c2nc(-c3ccccc3)nc(-c3ccccc3)n2)cc1. The summed E-state index contributed by atoms with van der Waals surface area (Å²) in [5, 5.41) is 4.48. The zero-order chi connectivity index (χ0) is 43.0. The van der Waals surface area contributed by atoms with E-state index in [1.54, 1.807) is 0 Å². The molecule has 12 rings (SSSR count). The fourth-order valence-corrected chi connectivity index (χ4v) is 8.92. The third kappa shape index (κ3) is 6.80. The van der Waals surface area contributed by atoms with Gasteiger partial charge in [0.2, 0.25) is 5.95 Å². The van der Waals surface area contributed by atoms with Crippen LogP contribution in [0.15, 0.2) is 223 Å². The molecular weight excluding hydrogens is 781 g/mol. The van der Waals surface area contributed by atoms with Crippen LogP contribution in [0.4, 0.5) is 0 Å². The van der Waals surface area contributed by atoms with E-state index in [-0.39, 0.29) is 0 Å². The molecule has 64 heavy (non-hydrogen) atoms. The normalized spacial score (nSPS) is 11.3. The smallest absolute Gasteiger partial charge is 0.238 e. The lowest BCUT2D eigenvalue weighted by atomic mass is 9.95. The minimum atomic E-state index is 0.557. The van der Waals surface area contributed by atoms with Crippen LogP contribution in [0.2, 0.25) is 0 Å².